The fourth-order valence-corrected chi connectivity index (χ4v) is 4.14. The second kappa shape index (κ2) is 9.38. The van der Waals surface area contributed by atoms with E-state index in [1.54, 1.807) is 18.5 Å². The number of halogens is 1. The van der Waals surface area contributed by atoms with Crippen LogP contribution in [-0.4, -0.2) is 50.7 Å². The molecule has 0 bridgehead atoms. The van der Waals surface area contributed by atoms with Crippen LogP contribution in [0.2, 0.25) is 5.15 Å². The number of piperidine rings is 1. The van der Waals surface area contributed by atoms with Gasteiger partial charge in [0.05, 0.1) is 22.3 Å². The number of hydrogen-bond donors (Lipinski definition) is 1. The summed E-state index contributed by atoms with van der Waals surface area (Å²) in [5.74, 6) is 0. The SMILES string of the molecule is CC(C)(C)OC(=O)N[C@H]1CCCN(c2ccnc3cnc(-c4nc(Cl)ccc4[N+](=O)[O-])cc23)C1. The normalized spacial score (nSPS) is 16.4. The number of pyridine rings is 3. The lowest BCUT2D eigenvalue weighted by atomic mass is 10.0. The Morgan fingerprint density at radius 1 is 1.29 bits per heavy atom. The Balaban J connectivity index is 1.66. The van der Waals surface area contributed by atoms with E-state index in [1.165, 1.54) is 12.1 Å². The molecule has 178 valence electrons. The minimum Gasteiger partial charge on any atom is -0.444 e. The third-order valence-electron chi connectivity index (χ3n) is 5.37. The maximum absolute atomic E-state index is 12.3. The number of amides is 1. The fraction of sp³-hybridized carbons (Fsp3) is 0.391. The number of fused-ring (bicyclic) bond motifs is 1. The number of hydrogen-bond acceptors (Lipinski definition) is 8. The molecule has 1 amide bonds. The van der Waals surface area contributed by atoms with E-state index in [0.29, 0.717) is 17.8 Å². The Hall–Kier alpha value is -3.53. The zero-order valence-electron chi connectivity index (χ0n) is 19.1. The summed E-state index contributed by atoms with van der Waals surface area (Å²) in [7, 11) is 0. The molecule has 10 nitrogen and oxygen atoms in total. The molecule has 1 aliphatic heterocycles. The quantitative estimate of drug-likeness (QED) is 0.319. The van der Waals surface area contributed by atoms with Crippen LogP contribution in [0.5, 0.6) is 0 Å². The van der Waals surface area contributed by atoms with Crippen molar-refractivity contribution in [1.29, 1.82) is 0 Å². The van der Waals surface area contributed by atoms with Gasteiger partial charge in [-0.2, -0.15) is 0 Å². The highest BCUT2D eigenvalue weighted by Crippen LogP contribution is 2.33. The topological polar surface area (TPSA) is 123 Å². The first-order chi connectivity index (χ1) is 16.1. The molecule has 1 N–H and O–H groups in total. The van der Waals surface area contributed by atoms with Gasteiger partial charge < -0.3 is 15.0 Å². The van der Waals surface area contributed by atoms with Crippen molar-refractivity contribution in [3.8, 4) is 11.4 Å². The summed E-state index contributed by atoms with van der Waals surface area (Å²) in [4.78, 5) is 38.3. The highest BCUT2D eigenvalue weighted by molar-refractivity contribution is 6.29. The average Bonchev–Trinajstić information content (AvgIpc) is 2.77. The lowest BCUT2D eigenvalue weighted by Crippen LogP contribution is -2.49. The molecule has 1 fully saturated rings. The van der Waals surface area contributed by atoms with Gasteiger partial charge in [0.1, 0.15) is 10.8 Å². The van der Waals surface area contributed by atoms with Gasteiger partial charge in [0.25, 0.3) is 5.69 Å². The van der Waals surface area contributed by atoms with E-state index in [9.17, 15) is 14.9 Å². The van der Waals surface area contributed by atoms with Crippen molar-refractivity contribution in [2.24, 2.45) is 0 Å². The molecule has 3 aromatic rings. The minimum atomic E-state index is -0.569. The van der Waals surface area contributed by atoms with E-state index in [4.69, 9.17) is 16.3 Å². The molecule has 0 radical (unpaired) electrons. The molecule has 3 aromatic heterocycles. The number of ether oxygens (including phenoxy) is 1. The zero-order valence-corrected chi connectivity index (χ0v) is 19.9. The summed E-state index contributed by atoms with van der Waals surface area (Å²) >= 11 is 6.01. The van der Waals surface area contributed by atoms with Crippen molar-refractivity contribution in [3.05, 3.63) is 51.9 Å². The number of nitrogens with zero attached hydrogens (tertiary/aromatic N) is 5. The third kappa shape index (κ3) is 5.33. The number of rotatable bonds is 4. The molecule has 1 atom stereocenters. The predicted octanol–water partition coefficient (Wildman–Crippen LogP) is 4.75. The molecule has 1 saturated heterocycles. The van der Waals surface area contributed by atoms with Crippen molar-refractivity contribution in [3.63, 3.8) is 0 Å². The van der Waals surface area contributed by atoms with Crippen molar-refractivity contribution < 1.29 is 14.5 Å². The number of carbonyl (C=O) groups excluding carboxylic acids is 1. The first-order valence-corrected chi connectivity index (χ1v) is 11.3. The van der Waals surface area contributed by atoms with Crippen LogP contribution in [0.15, 0.2) is 36.7 Å². The Bertz CT molecular complexity index is 1250. The molecule has 0 unspecified atom stereocenters. The Morgan fingerprint density at radius 2 is 2.09 bits per heavy atom. The maximum atomic E-state index is 12.3. The van der Waals surface area contributed by atoms with Crippen LogP contribution >= 0.6 is 11.6 Å². The molecule has 4 rings (SSSR count). The van der Waals surface area contributed by atoms with Gasteiger partial charge in [-0.3, -0.25) is 20.1 Å². The fourth-order valence-electron chi connectivity index (χ4n) is 3.99. The number of carbonyl (C=O) groups is 1. The van der Waals surface area contributed by atoms with Crippen LogP contribution in [0.3, 0.4) is 0 Å². The second-order valence-electron chi connectivity index (χ2n) is 9.11. The standard InChI is InChI=1S/C23H25ClN6O4/c1-23(2,3)34-22(31)27-14-5-4-10-29(13-14)18-8-9-25-17-12-26-16(11-15(17)18)21-19(30(32)33)6-7-20(24)28-21/h6-9,11-12,14H,4-5,10,13H2,1-3H3,(H,27,31)/t14-/m0/s1. The first kappa shape index (κ1) is 23.6. The Kier molecular flexibility index (Phi) is 6.52. The van der Waals surface area contributed by atoms with E-state index in [1.807, 2.05) is 26.8 Å². The molecular weight excluding hydrogens is 460 g/mol. The average molecular weight is 485 g/mol. The van der Waals surface area contributed by atoms with Crippen LogP contribution in [-0.2, 0) is 4.74 Å². The van der Waals surface area contributed by atoms with Crippen molar-refractivity contribution >= 4 is 40.0 Å². The summed E-state index contributed by atoms with van der Waals surface area (Å²) in [6.07, 6.45) is 4.54. The van der Waals surface area contributed by atoms with E-state index < -0.39 is 16.6 Å². The summed E-state index contributed by atoms with van der Waals surface area (Å²) in [5.41, 5.74) is 1.22. The van der Waals surface area contributed by atoms with Crippen molar-refractivity contribution in [1.82, 2.24) is 20.3 Å². The van der Waals surface area contributed by atoms with Crippen molar-refractivity contribution in [2.75, 3.05) is 18.0 Å². The summed E-state index contributed by atoms with van der Waals surface area (Å²) in [6, 6.07) is 6.25. The Morgan fingerprint density at radius 3 is 2.82 bits per heavy atom. The van der Waals surface area contributed by atoms with Crippen LogP contribution in [0.4, 0.5) is 16.2 Å². The van der Waals surface area contributed by atoms with Crippen LogP contribution in [0, 0.1) is 10.1 Å². The van der Waals surface area contributed by atoms with E-state index in [-0.39, 0.29) is 22.6 Å². The highest BCUT2D eigenvalue weighted by atomic mass is 35.5. The van der Waals surface area contributed by atoms with Gasteiger partial charge in [0.2, 0.25) is 0 Å². The first-order valence-electron chi connectivity index (χ1n) is 10.9. The molecule has 0 saturated carbocycles. The van der Waals surface area contributed by atoms with E-state index in [2.05, 4.69) is 25.2 Å². The molecule has 0 aromatic carbocycles. The highest BCUT2D eigenvalue weighted by Gasteiger charge is 2.26. The second-order valence-corrected chi connectivity index (χ2v) is 9.49. The van der Waals surface area contributed by atoms with Crippen LogP contribution in [0.25, 0.3) is 22.3 Å². The van der Waals surface area contributed by atoms with Gasteiger partial charge in [-0.25, -0.2) is 9.78 Å². The van der Waals surface area contributed by atoms with Gasteiger partial charge in [0, 0.05) is 42.5 Å². The monoisotopic (exact) mass is 484 g/mol. The number of nitrogens with one attached hydrogen (secondary N) is 1. The summed E-state index contributed by atoms with van der Waals surface area (Å²) in [6.45, 7) is 6.86. The number of nitro groups is 1. The number of aromatic nitrogens is 3. The maximum Gasteiger partial charge on any atom is 0.407 e. The number of anilines is 1. The summed E-state index contributed by atoms with van der Waals surface area (Å²) < 4.78 is 5.40. The van der Waals surface area contributed by atoms with E-state index >= 15 is 0 Å². The van der Waals surface area contributed by atoms with Gasteiger partial charge in [-0.05, 0) is 51.8 Å². The molecule has 34 heavy (non-hydrogen) atoms. The molecule has 0 spiro atoms. The van der Waals surface area contributed by atoms with Gasteiger partial charge >= 0.3 is 6.09 Å². The van der Waals surface area contributed by atoms with E-state index in [0.717, 1.165) is 30.5 Å². The molecular formula is C23H25ClN6O4. The van der Waals surface area contributed by atoms with Gasteiger partial charge in [0.15, 0.2) is 5.69 Å². The third-order valence-corrected chi connectivity index (χ3v) is 5.58. The smallest absolute Gasteiger partial charge is 0.407 e. The predicted molar refractivity (Wildman–Crippen MR) is 129 cm³/mol. The number of alkyl carbamates (subject to hydrolysis) is 1. The van der Waals surface area contributed by atoms with Crippen LogP contribution < -0.4 is 10.2 Å². The molecule has 0 aliphatic carbocycles. The van der Waals surface area contributed by atoms with Crippen LogP contribution in [0.1, 0.15) is 33.6 Å². The molecule has 11 heteroatoms. The Labute approximate surface area is 201 Å². The van der Waals surface area contributed by atoms with Crippen molar-refractivity contribution in [2.45, 2.75) is 45.3 Å². The molecule has 1 aliphatic rings. The minimum absolute atomic E-state index is 0.0798. The molecule has 4 heterocycles. The lowest BCUT2D eigenvalue weighted by molar-refractivity contribution is -0.384. The van der Waals surface area contributed by atoms with Gasteiger partial charge in [-0.1, -0.05) is 11.6 Å². The van der Waals surface area contributed by atoms with Gasteiger partial charge in [-0.15, -0.1) is 0 Å². The lowest BCUT2D eigenvalue weighted by Gasteiger charge is -2.35. The summed E-state index contributed by atoms with van der Waals surface area (Å²) in [5, 5.41) is 15.4. The zero-order chi connectivity index (χ0) is 24.5. The largest absolute Gasteiger partial charge is 0.444 e.